The minimum absolute atomic E-state index is 0.148. The lowest BCUT2D eigenvalue weighted by atomic mass is 10.0. The van der Waals surface area contributed by atoms with Crippen LogP contribution in [-0.2, 0) is 4.79 Å². The van der Waals surface area contributed by atoms with Crippen LogP contribution in [0, 0.1) is 5.82 Å². The largest absolute Gasteiger partial charge is 0.481 e. The Balaban J connectivity index is 1.94. The van der Waals surface area contributed by atoms with Gasteiger partial charge >= 0.3 is 5.97 Å². The highest BCUT2D eigenvalue weighted by Gasteiger charge is 2.31. The number of carboxylic acids is 1. The van der Waals surface area contributed by atoms with Gasteiger partial charge in [-0.25, -0.2) is 9.07 Å². The smallest absolute Gasteiger partial charge is 0.305 e. The number of amides is 1. The lowest BCUT2D eigenvalue weighted by Gasteiger charge is -2.18. The molecule has 3 N–H and O–H groups in total. The Labute approximate surface area is 191 Å². The van der Waals surface area contributed by atoms with Gasteiger partial charge in [0.2, 0.25) is 5.88 Å². The van der Waals surface area contributed by atoms with Crippen molar-refractivity contribution in [1.82, 2.24) is 14.7 Å². The molecule has 3 rings (SSSR count). The Kier molecular flexibility index (Phi) is 8.04. The van der Waals surface area contributed by atoms with Crippen LogP contribution in [0.1, 0.15) is 61.5 Å². The van der Waals surface area contributed by atoms with Crippen LogP contribution < -0.4 is 4.74 Å². The third kappa shape index (κ3) is 6.08. The summed E-state index contributed by atoms with van der Waals surface area (Å²) in [6, 6.07) is 5.57. The first-order valence-electron chi connectivity index (χ1n) is 11.1. The van der Waals surface area contributed by atoms with Crippen LogP contribution in [0.2, 0.25) is 0 Å². The first-order chi connectivity index (χ1) is 15.7. The fourth-order valence-corrected chi connectivity index (χ4v) is 3.90. The van der Waals surface area contributed by atoms with E-state index < -0.39 is 30.4 Å². The summed E-state index contributed by atoms with van der Waals surface area (Å²) in [7, 11) is 0. The summed E-state index contributed by atoms with van der Waals surface area (Å²) in [5.74, 6) is -1.71. The summed E-state index contributed by atoms with van der Waals surface area (Å²) in [5.41, 5.74) is 1.29. The fraction of sp³-hybridized carbons (Fsp3) is 0.522. The van der Waals surface area contributed by atoms with Crippen molar-refractivity contribution < 1.29 is 34.0 Å². The molecule has 2 aromatic rings. The first kappa shape index (κ1) is 24.7. The summed E-state index contributed by atoms with van der Waals surface area (Å²) in [6.45, 7) is 4.84. The number of rotatable bonds is 10. The predicted octanol–water partition coefficient (Wildman–Crippen LogP) is 2.34. The molecule has 33 heavy (non-hydrogen) atoms. The average molecular weight is 464 g/mol. The van der Waals surface area contributed by atoms with Gasteiger partial charge in [-0.3, -0.25) is 9.59 Å². The van der Waals surface area contributed by atoms with E-state index >= 15 is 0 Å². The molecule has 1 saturated heterocycles. The highest BCUT2D eigenvalue weighted by Crippen LogP contribution is 2.34. The number of aliphatic carboxylic acids is 1. The Morgan fingerprint density at radius 3 is 2.33 bits per heavy atom. The molecule has 10 heteroatoms. The molecule has 9 nitrogen and oxygen atoms in total. The number of ether oxygens (including phenoxy) is 1. The standard InChI is InChI=1S/C23H30FN3O6/c1-14(2)20-21(22(32)26-9-3-4-10-26)25-27(16-7-5-15(24)6-8-16)23(20)33-13-18(29)11-17(28)12-19(30)31/h5-8,14,17-18,28-29H,3-4,9-13H2,1-2H3,(H,30,31). The summed E-state index contributed by atoms with van der Waals surface area (Å²) >= 11 is 0. The number of hydrogen-bond acceptors (Lipinski definition) is 6. The van der Waals surface area contributed by atoms with Gasteiger partial charge < -0.3 is 25.0 Å². The number of aliphatic hydroxyl groups excluding tert-OH is 2. The van der Waals surface area contributed by atoms with Gasteiger partial charge in [0, 0.05) is 25.1 Å². The van der Waals surface area contributed by atoms with Crippen molar-refractivity contribution in [2.45, 2.75) is 57.7 Å². The minimum Gasteiger partial charge on any atom is -0.481 e. The van der Waals surface area contributed by atoms with Crippen LogP contribution in [-0.4, -0.2) is 73.8 Å². The van der Waals surface area contributed by atoms with Crippen LogP contribution in [0.5, 0.6) is 5.88 Å². The molecule has 1 aromatic heterocycles. The van der Waals surface area contributed by atoms with Gasteiger partial charge in [0.15, 0.2) is 5.69 Å². The van der Waals surface area contributed by atoms with Crippen molar-refractivity contribution in [3.8, 4) is 11.6 Å². The van der Waals surface area contributed by atoms with Gasteiger partial charge in [-0.1, -0.05) is 13.8 Å². The molecule has 1 aliphatic rings. The van der Waals surface area contributed by atoms with Gasteiger partial charge in [-0.15, -0.1) is 0 Å². The van der Waals surface area contributed by atoms with Gasteiger partial charge in [0.05, 0.1) is 24.3 Å². The van der Waals surface area contributed by atoms with Crippen LogP contribution in [0.25, 0.3) is 5.69 Å². The number of carbonyl (C=O) groups is 2. The van der Waals surface area contributed by atoms with Crippen molar-refractivity contribution >= 4 is 11.9 Å². The van der Waals surface area contributed by atoms with Gasteiger partial charge in [-0.2, -0.15) is 5.10 Å². The van der Waals surface area contributed by atoms with Crippen LogP contribution in [0.15, 0.2) is 24.3 Å². The molecule has 0 bridgehead atoms. The average Bonchev–Trinajstić information content (AvgIpc) is 3.40. The van der Waals surface area contributed by atoms with E-state index in [2.05, 4.69) is 5.10 Å². The maximum absolute atomic E-state index is 13.5. The Morgan fingerprint density at radius 2 is 1.76 bits per heavy atom. The number of halogens is 1. The molecule has 0 aliphatic carbocycles. The fourth-order valence-electron chi connectivity index (χ4n) is 3.90. The highest BCUT2D eigenvalue weighted by molar-refractivity contribution is 5.95. The number of hydrogen-bond donors (Lipinski definition) is 3. The zero-order valence-electron chi connectivity index (χ0n) is 18.8. The number of likely N-dealkylation sites (tertiary alicyclic amines) is 1. The number of nitrogens with zero attached hydrogens (tertiary/aromatic N) is 3. The quantitative estimate of drug-likeness (QED) is 0.494. The summed E-state index contributed by atoms with van der Waals surface area (Å²) < 4.78 is 20.8. The van der Waals surface area contributed by atoms with E-state index in [4.69, 9.17) is 9.84 Å². The Morgan fingerprint density at radius 1 is 1.12 bits per heavy atom. The molecule has 0 saturated carbocycles. The molecule has 1 aromatic carbocycles. The molecule has 1 aliphatic heterocycles. The van der Waals surface area contributed by atoms with Crippen LogP contribution >= 0.6 is 0 Å². The van der Waals surface area contributed by atoms with Gasteiger partial charge in [0.25, 0.3) is 5.91 Å². The topological polar surface area (TPSA) is 125 Å². The molecule has 2 heterocycles. The molecular weight excluding hydrogens is 433 g/mol. The van der Waals surface area contributed by atoms with Crippen LogP contribution in [0.4, 0.5) is 4.39 Å². The number of carbonyl (C=O) groups excluding carboxylic acids is 1. The van der Waals surface area contributed by atoms with Crippen molar-refractivity contribution in [3.63, 3.8) is 0 Å². The van der Waals surface area contributed by atoms with E-state index in [-0.39, 0.29) is 36.4 Å². The van der Waals surface area contributed by atoms with Crippen molar-refractivity contribution in [3.05, 3.63) is 41.3 Å². The van der Waals surface area contributed by atoms with Crippen molar-refractivity contribution in [2.24, 2.45) is 0 Å². The molecule has 1 fully saturated rings. The van der Waals surface area contributed by atoms with E-state index in [1.54, 1.807) is 4.90 Å². The highest BCUT2D eigenvalue weighted by atomic mass is 19.1. The summed E-state index contributed by atoms with van der Waals surface area (Å²) in [5, 5.41) is 33.4. The van der Waals surface area contributed by atoms with E-state index in [1.807, 2.05) is 13.8 Å². The van der Waals surface area contributed by atoms with E-state index in [1.165, 1.54) is 28.9 Å². The molecule has 0 spiro atoms. The first-order valence-corrected chi connectivity index (χ1v) is 11.1. The molecule has 2 atom stereocenters. The second-order valence-corrected chi connectivity index (χ2v) is 8.56. The zero-order chi connectivity index (χ0) is 24.1. The molecule has 2 unspecified atom stereocenters. The third-order valence-corrected chi connectivity index (χ3v) is 5.49. The molecular formula is C23H30FN3O6. The summed E-state index contributed by atoms with van der Waals surface area (Å²) in [4.78, 5) is 25.7. The predicted molar refractivity (Wildman–Crippen MR) is 117 cm³/mol. The van der Waals surface area contributed by atoms with E-state index in [0.29, 0.717) is 24.3 Å². The van der Waals surface area contributed by atoms with Gasteiger partial charge in [0.1, 0.15) is 12.4 Å². The maximum atomic E-state index is 13.5. The number of aromatic nitrogens is 2. The Hall–Kier alpha value is -2.98. The lowest BCUT2D eigenvalue weighted by Crippen LogP contribution is -2.29. The second-order valence-electron chi connectivity index (χ2n) is 8.56. The minimum atomic E-state index is -1.22. The Bertz CT molecular complexity index is 969. The third-order valence-electron chi connectivity index (χ3n) is 5.49. The molecule has 1 amide bonds. The SMILES string of the molecule is CC(C)c1c(C(=O)N2CCCC2)nn(-c2ccc(F)cc2)c1OCC(O)CC(O)CC(=O)O. The van der Waals surface area contributed by atoms with E-state index in [9.17, 15) is 24.2 Å². The van der Waals surface area contributed by atoms with Crippen LogP contribution in [0.3, 0.4) is 0 Å². The maximum Gasteiger partial charge on any atom is 0.305 e. The zero-order valence-corrected chi connectivity index (χ0v) is 18.8. The van der Waals surface area contributed by atoms with E-state index in [0.717, 1.165) is 12.8 Å². The monoisotopic (exact) mass is 463 g/mol. The molecule has 0 radical (unpaired) electrons. The number of aliphatic hydroxyl groups is 2. The molecule has 180 valence electrons. The van der Waals surface area contributed by atoms with Crippen molar-refractivity contribution in [1.29, 1.82) is 0 Å². The normalized spacial score (nSPS) is 15.6. The van der Waals surface area contributed by atoms with Crippen molar-refractivity contribution in [2.75, 3.05) is 19.7 Å². The number of carboxylic acid groups (broad SMARTS) is 1. The second kappa shape index (κ2) is 10.8. The lowest BCUT2D eigenvalue weighted by molar-refractivity contribution is -0.139. The summed E-state index contributed by atoms with van der Waals surface area (Å²) in [6.07, 6.45) is -1.19. The number of benzene rings is 1. The van der Waals surface area contributed by atoms with Gasteiger partial charge in [-0.05, 0) is 43.0 Å².